The Bertz CT molecular complexity index is 1170. The van der Waals surface area contributed by atoms with Crippen LogP contribution in [0.2, 0.25) is 5.02 Å². The van der Waals surface area contributed by atoms with Crippen LogP contribution in [0.3, 0.4) is 0 Å². The first-order chi connectivity index (χ1) is 13.3. The lowest BCUT2D eigenvalue weighted by Crippen LogP contribution is -2.25. The maximum Gasteiger partial charge on any atom is 0.263 e. The zero-order valence-electron chi connectivity index (χ0n) is 14.5. The van der Waals surface area contributed by atoms with Crippen LogP contribution in [-0.2, 0) is 14.8 Å². The number of benzene rings is 2. The quantitative estimate of drug-likeness (QED) is 0.647. The van der Waals surface area contributed by atoms with Gasteiger partial charge in [-0.1, -0.05) is 11.6 Å². The van der Waals surface area contributed by atoms with Crippen LogP contribution < -0.4 is 14.8 Å². The molecule has 2 N–H and O–H groups in total. The summed E-state index contributed by atoms with van der Waals surface area (Å²) in [4.78, 5) is 16.9. The third kappa shape index (κ3) is 3.68. The van der Waals surface area contributed by atoms with Gasteiger partial charge in [0.1, 0.15) is 5.75 Å². The molecule has 3 aromatic rings. The molecule has 0 aliphatic carbocycles. The number of aromatic nitrogens is 1. The Kier molecular flexibility index (Phi) is 4.74. The molecule has 10 heteroatoms. The molecule has 0 spiro atoms. The molecule has 0 radical (unpaired) electrons. The Morgan fingerprint density at radius 2 is 1.96 bits per heavy atom. The fraction of sp³-hybridized carbons (Fsp3) is 0.111. The van der Waals surface area contributed by atoms with E-state index in [9.17, 15) is 13.2 Å². The number of carbonyl (C=O) groups is 1. The lowest BCUT2D eigenvalue weighted by atomic mass is 10.1. The Balaban J connectivity index is 1.63. The topological polar surface area (TPSA) is 97.4 Å². The van der Waals surface area contributed by atoms with E-state index in [1.807, 2.05) is 13.0 Å². The summed E-state index contributed by atoms with van der Waals surface area (Å²) in [5, 5.41) is 3.45. The minimum absolute atomic E-state index is 0.0152. The van der Waals surface area contributed by atoms with E-state index in [0.29, 0.717) is 22.2 Å². The van der Waals surface area contributed by atoms with Crippen LogP contribution in [0.4, 0.5) is 10.8 Å². The van der Waals surface area contributed by atoms with Crippen LogP contribution in [0.5, 0.6) is 5.75 Å². The maximum absolute atomic E-state index is 12.5. The number of hydrogen-bond acceptors (Lipinski definition) is 6. The Labute approximate surface area is 170 Å². The first-order valence-corrected chi connectivity index (χ1v) is 10.8. The molecule has 1 aromatic heterocycles. The number of nitrogens with zero attached hydrogens (tertiary/aromatic N) is 1. The number of amides is 1. The minimum atomic E-state index is -3.78. The average Bonchev–Trinajstić information content (AvgIpc) is 3.00. The van der Waals surface area contributed by atoms with Gasteiger partial charge in [0.25, 0.3) is 15.9 Å². The summed E-state index contributed by atoms with van der Waals surface area (Å²) in [5.74, 6) is 0.357. The van der Waals surface area contributed by atoms with Crippen molar-refractivity contribution < 1.29 is 17.9 Å². The normalized spacial score (nSPS) is 13.4. The van der Waals surface area contributed by atoms with Gasteiger partial charge in [-0.25, -0.2) is 13.4 Å². The molecular weight excluding hydrogens is 422 g/mol. The van der Waals surface area contributed by atoms with E-state index in [4.69, 9.17) is 16.3 Å². The summed E-state index contributed by atoms with van der Waals surface area (Å²) in [6.07, 6.45) is 0. The van der Waals surface area contributed by atoms with Gasteiger partial charge < -0.3 is 10.1 Å². The van der Waals surface area contributed by atoms with Gasteiger partial charge in [0.05, 0.1) is 16.3 Å². The van der Waals surface area contributed by atoms with Crippen LogP contribution in [0, 0.1) is 6.92 Å². The van der Waals surface area contributed by atoms with Gasteiger partial charge in [-0.2, -0.15) is 0 Å². The molecule has 7 nitrogen and oxygen atoms in total. The van der Waals surface area contributed by atoms with Crippen molar-refractivity contribution in [1.29, 1.82) is 0 Å². The van der Waals surface area contributed by atoms with Gasteiger partial charge in [0.15, 0.2) is 11.7 Å². The van der Waals surface area contributed by atoms with Crippen molar-refractivity contribution in [3.05, 3.63) is 52.4 Å². The molecule has 0 unspecified atom stereocenters. The molecule has 0 atom stereocenters. The van der Waals surface area contributed by atoms with Gasteiger partial charge in [-0.3, -0.25) is 9.52 Å². The number of anilines is 2. The molecule has 0 bridgehead atoms. The fourth-order valence-corrected chi connectivity index (χ4v) is 4.92. The summed E-state index contributed by atoms with van der Waals surface area (Å²) in [6.45, 7) is 1.83. The van der Waals surface area contributed by atoms with Crippen molar-refractivity contribution >= 4 is 49.7 Å². The predicted octanol–water partition coefficient (Wildman–Crippen LogP) is 3.90. The highest BCUT2D eigenvalue weighted by molar-refractivity contribution is 7.93. The molecule has 1 aliphatic rings. The molecule has 28 heavy (non-hydrogen) atoms. The van der Waals surface area contributed by atoms with E-state index in [1.165, 1.54) is 35.6 Å². The molecule has 1 amide bonds. The summed E-state index contributed by atoms with van der Waals surface area (Å²) in [6, 6.07) is 11.2. The standard InChI is InChI=1S/C18H14ClN3O4S2/c1-10-17(11-2-7-15-14(8-11)20-16(23)9-26-15)21-18(27-10)22-28(24,25)13-5-3-12(19)4-6-13/h2-8H,9H2,1H3,(H,20,23)(H,21,22). The van der Waals surface area contributed by atoms with E-state index >= 15 is 0 Å². The lowest BCUT2D eigenvalue weighted by Gasteiger charge is -2.18. The Hall–Kier alpha value is -2.62. The summed E-state index contributed by atoms with van der Waals surface area (Å²) in [7, 11) is -3.78. The number of rotatable bonds is 4. The highest BCUT2D eigenvalue weighted by Crippen LogP contribution is 2.36. The van der Waals surface area contributed by atoms with Crippen LogP contribution in [0.25, 0.3) is 11.3 Å². The van der Waals surface area contributed by atoms with Crippen LogP contribution >= 0.6 is 22.9 Å². The van der Waals surface area contributed by atoms with Crippen molar-refractivity contribution in [2.24, 2.45) is 0 Å². The number of halogens is 1. The molecule has 0 saturated heterocycles. The van der Waals surface area contributed by atoms with E-state index in [2.05, 4.69) is 15.0 Å². The number of fused-ring (bicyclic) bond motifs is 1. The van der Waals surface area contributed by atoms with Gasteiger partial charge in [-0.15, -0.1) is 11.3 Å². The van der Waals surface area contributed by atoms with E-state index in [0.717, 1.165) is 10.4 Å². The molecule has 4 rings (SSSR count). The van der Waals surface area contributed by atoms with Crippen LogP contribution in [-0.4, -0.2) is 25.9 Å². The van der Waals surface area contributed by atoms with Gasteiger partial charge in [-0.05, 0) is 49.4 Å². The molecule has 2 heterocycles. The second-order valence-corrected chi connectivity index (χ2v) is 9.35. The van der Waals surface area contributed by atoms with Crippen LogP contribution in [0.1, 0.15) is 4.88 Å². The summed E-state index contributed by atoms with van der Waals surface area (Å²) < 4.78 is 32.9. The number of thiazole rings is 1. The molecule has 1 aliphatic heterocycles. The second kappa shape index (κ2) is 7.08. The average molecular weight is 436 g/mol. The fourth-order valence-electron chi connectivity index (χ4n) is 2.73. The van der Waals surface area contributed by atoms with Gasteiger partial charge in [0, 0.05) is 15.5 Å². The number of hydrogen-bond donors (Lipinski definition) is 2. The van der Waals surface area contributed by atoms with Crippen LogP contribution in [0.15, 0.2) is 47.4 Å². The predicted molar refractivity (Wildman–Crippen MR) is 109 cm³/mol. The third-order valence-corrected chi connectivity index (χ3v) is 6.65. The maximum atomic E-state index is 12.5. The molecule has 144 valence electrons. The van der Waals surface area contributed by atoms with E-state index < -0.39 is 10.0 Å². The number of ether oxygens (including phenoxy) is 1. The molecular formula is C18H14ClN3O4S2. The third-order valence-electron chi connectivity index (χ3n) is 4.03. The Morgan fingerprint density at radius 1 is 1.21 bits per heavy atom. The first-order valence-electron chi connectivity index (χ1n) is 8.15. The van der Waals surface area contributed by atoms with Gasteiger partial charge >= 0.3 is 0 Å². The van der Waals surface area contributed by atoms with E-state index in [-0.39, 0.29) is 22.5 Å². The van der Waals surface area contributed by atoms with Crippen molar-refractivity contribution in [3.63, 3.8) is 0 Å². The monoisotopic (exact) mass is 435 g/mol. The van der Waals surface area contributed by atoms with E-state index in [1.54, 1.807) is 12.1 Å². The largest absolute Gasteiger partial charge is 0.482 e. The zero-order chi connectivity index (χ0) is 19.9. The number of nitrogens with one attached hydrogen (secondary N) is 2. The molecule has 2 aromatic carbocycles. The van der Waals surface area contributed by atoms with Crippen molar-refractivity contribution in [2.45, 2.75) is 11.8 Å². The van der Waals surface area contributed by atoms with Crippen molar-refractivity contribution in [1.82, 2.24) is 4.98 Å². The Morgan fingerprint density at radius 3 is 2.71 bits per heavy atom. The highest BCUT2D eigenvalue weighted by atomic mass is 35.5. The zero-order valence-corrected chi connectivity index (χ0v) is 16.9. The first kappa shape index (κ1) is 18.7. The summed E-state index contributed by atoms with van der Waals surface area (Å²) in [5.41, 5.74) is 1.93. The number of sulfonamides is 1. The second-order valence-electron chi connectivity index (χ2n) is 6.03. The van der Waals surface area contributed by atoms with Crippen molar-refractivity contribution in [2.75, 3.05) is 16.6 Å². The highest BCUT2D eigenvalue weighted by Gasteiger charge is 2.20. The molecule has 0 saturated carbocycles. The lowest BCUT2D eigenvalue weighted by molar-refractivity contribution is -0.118. The number of carbonyl (C=O) groups excluding carboxylic acids is 1. The smallest absolute Gasteiger partial charge is 0.263 e. The number of aryl methyl sites for hydroxylation is 1. The minimum Gasteiger partial charge on any atom is -0.482 e. The summed E-state index contributed by atoms with van der Waals surface area (Å²) >= 11 is 7.04. The van der Waals surface area contributed by atoms with Crippen molar-refractivity contribution in [3.8, 4) is 17.0 Å². The van der Waals surface area contributed by atoms with Gasteiger partial charge in [0.2, 0.25) is 0 Å². The molecule has 0 fully saturated rings. The SMILES string of the molecule is Cc1sc(NS(=O)(=O)c2ccc(Cl)cc2)nc1-c1ccc2c(c1)NC(=O)CO2.